The molecule has 1 heterocycles. The lowest BCUT2D eigenvalue weighted by atomic mass is 9.95. The van der Waals surface area contributed by atoms with E-state index in [0.29, 0.717) is 24.2 Å². The molecule has 2 aromatic rings. The Bertz CT molecular complexity index is 673. The minimum absolute atomic E-state index is 0.269. The second-order valence-corrected chi connectivity index (χ2v) is 5.54. The maximum atomic E-state index is 12.2. The van der Waals surface area contributed by atoms with Gasteiger partial charge in [-0.3, -0.25) is 0 Å². The lowest BCUT2D eigenvalue weighted by molar-refractivity contribution is 0.0424. The number of esters is 1. The van der Waals surface area contributed by atoms with Gasteiger partial charge in [-0.15, -0.1) is 0 Å². The first kappa shape index (κ1) is 14.6. The molecular weight excluding hydrogens is 278 g/mol. The van der Waals surface area contributed by atoms with Crippen molar-refractivity contribution in [1.82, 2.24) is 4.98 Å². The minimum Gasteiger partial charge on any atom is -0.461 e. The number of benzene rings is 1. The number of ether oxygens (including phenoxy) is 1. The van der Waals surface area contributed by atoms with Crippen molar-refractivity contribution in [3.05, 3.63) is 53.9 Å². The zero-order valence-corrected chi connectivity index (χ0v) is 12.6. The summed E-state index contributed by atoms with van der Waals surface area (Å²) in [4.78, 5) is 16.5. The van der Waals surface area contributed by atoms with Crippen molar-refractivity contribution >= 4 is 5.97 Å². The van der Waals surface area contributed by atoms with E-state index in [1.807, 2.05) is 30.3 Å². The van der Waals surface area contributed by atoms with Crippen molar-refractivity contribution in [1.29, 1.82) is 0 Å². The maximum absolute atomic E-state index is 12.2. The molecule has 0 aliphatic heterocycles. The number of oxazole rings is 1. The molecule has 0 bridgehead atoms. The fraction of sp³-hybridized carbons (Fsp3) is 0.333. The van der Waals surface area contributed by atoms with E-state index in [9.17, 15) is 4.79 Å². The highest BCUT2D eigenvalue weighted by molar-refractivity contribution is 5.88. The van der Waals surface area contributed by atoms with Gasteiger partial charge < -0.3 is 9.15 Å². The molecule has 4 heteroatoms. The van der Waals surface area contributed by atoms with Gasteiger partial charge >= 0.3 is 5.97 Å². The van der Waals surface area contributed by atoms with E-state index in [4.69, 9.17) is 9.15 Å². The molecule has 1 aliphatic rings. The highest BCUT2D eigenvalue weighted by Crippen LogP contribution is 2.23. The molecule has 1 unspecified atom stereocenters. The van der Waals surface area contributed by atoms with Crippen molar-refractivity contribution in [3.8, 4) is 11.5 Å². The van der Waals surface area contributed by atoms with E-state index in [2.05, 4.69) is 17.1 Å². The summed E-state index contributed by atoms with van der Waals surface area (Å²) in [6.45, 7) is 2.18. The smallest absolute Gasteiger partial charge is 0.360 e. The zero-order chi connectivity index (χ0) is 15.4. The molecule has 0 spiro atoms. The third-order valence-corrected chi connectivity index (χ3v) is 3.84. The molecule has 0 radical (unpaired) electrons. The lowest BCUT2D eigenvalue weighted by Gasteiger charge is -2.16. The Labute approximate surface area is 129 Å². The van der Waals surface area contributed by atoms with Crippen LogP contribution in [0.4, 0.5) is 0 Å². The van der Waals surface area contributed by atoms with Gasteiger partial charge in [0.1, 0.15) is 5.76 Å². The van der Waals surface area contributed by atoms with E-state index in [1.165, 1.54) is 0 Å². The second kappa shape index (κ2) is 6.60. The lowest BCUT2D eigenvalue weighted by Crippen LogP contribution is -2.16. The van der Waals surface area contributed by atoms with Gasteiger partial charge in [-0.25, -0.2) is 9.78 Å². The second-order valence-electron chi connectivity index (χ2n) is 5.54. The van der Waals surface area contributed by atoms with Gasteiger partial charge in [0.2, 0.25) is 5.89 Å². The van der Waals surface area contributed by atoms with Crippen LogP contribution in [0.3, 0.4) is 0 Å². The number of aryl methyl sites for hydroxylation is 1. The van der Waals surface area contributed by atoms with Crippen molar-refractivity contribution < 1.29 is 13.9 Å². The maximum Gasteiger partial charge on any atom is 0.360 e. The molecule has 114 valence electrons. The number of carbonyl (C=O) groups is 1. The minimum atomic E-state index is -0.405. The number of aromatic nitrogens is 1. The van der Waals surface area contributed by atoms with Crippen LogP contribution in [0, 0.1) is 12.8 Å². The summed E-state index contributed by atoms with van der Waals surface area (Å²) in [5, 5.41) is 0. The number of hydrogen-bond acceptors (Lipinski definition) is 4. The Hall–Kier alpha value is -2.36. The highest BCUT2D eigenvalue weighted by atomic mass is 16.5. The van der Waals surface area contributed by atoms with Gasteiger partial charge in [0.15, 0.2) is 5.69 Å². The number of allylic oxidation sites excluding steroid dienone is 2. The fourth-order valence-electron chi connectivity index (χ4n) is 2.56. The summed E-state index contributed by atoms with van der Waals surface area (Å²) >= 11 is 0. The Balaban J connectivity index is 1.67. The van der Waals surface area contributed by atoms with Crippen LogP contribution in [0.1, 0.15) is 35.5 Å². The molecule has 0 N–H and O–H groups in total. The standard InChI is InChI=1S/C18H19NO3/c1-13-16(18(20)21-12-14-8-4-2-5-9-14)19-17(22-13)15-10-6-3-7-11-15/h2-4,6-7,10-11,14H,5,8-9,12H2,1H3. The predicted molar refractivity (Wildman–Crippen MR) is 83.4 cm³/mol. The topological polar surface area (TPSA) is 52.3 Å². The quantitative estimate of drug-likeness (QED) is 0.628. The van der Waals surface area contributed by atoms with Crippen LogP contribution in [0.5, 0.6) is 0 Å². The number of rotatable bonds is 4. The largest absolute Gasteiger partial charge is 0.461 e. The van der Waals surface area contributed by atoms with Crippen LogP contribution >= 0.6 is 0 Å². The molecule has 1 aliphatic carbocycles. The van der Waals surface area contributed by atoms with E-state index in [0.717, 1.165) is 24.8 Å². The predicted octanol–water partition coefficient (Wildman–Crippen LogP) is 4.16. The molecule has 0 fully saturated rings. The Kier molecular flexibility index (Phi) is 4.37. The first-order valence-corrected chi connectivity index (χ1v) is 7.59. The monoisotopic (exact) mass is 297 g/mol. The number of hydrogen-bond donors (Lipinski definition) is 0. The molecule has 1 atom stereocenters. The molecule has 3 rings (SSSR count). The normalized spacial score (nSPS) is 17.4. The molecule has 1 aromatic carbocycles. The molecule has 0 amide bonds. The SMILES string of the molecule is Cc1oc(-c2ccccc2)nc1C(=O)OCC1CC=CCC1. The van der Waals surface area contributed by atoms with E-state index in [1.54, 1.807) is 6.92 Å². The molecule has 22 heavy (non-hydrogen) atoms. The van der Waals surface area contributed by atoms with Gasteiger partial charge in [-0.1, -0.05) is 30.4 Å². The number of nitrogens with zero attached hydrogens (tertiary/aromatic N) is 1. The molecule has 0 saturated carbocycles. The summed E-state index contributed by atoms with van der Waals surface area (Å²) < 4.78 is 11.0. The van der Waals surface area contributed by atoms with Crippen LogP contribution in [-0.2, 0) is 4.74 Å². The third kappa shape index (κ3) is 3.27. The molecule has 1 aromatic heterocycles. The fourth-order valence-corrected chi connectivity index (χ4v) is 2.56. The van der Waals surface area contributed by atoms with Crippen molar-refractivity contribution in [2.75, 3.05) is 6.61 Å². The molecule has 0 saturated heterocycles. The van der Waals surface area contributed by atoms with Crippen LogP contribution in [0.25, 0.3) is 11.5 Å². The first-order chi connectivity index (χ1) is 10.7. The highest BCUT2D eigenvalue weighted by Gasteiger charge is 2.21. The average molecular weight is 297 g/mol. The summed E-state index contributed by atoms with van der Waals surface area (Å²) in [7, 11) is 0. The Morgan fingerprint density at radius 1 is 1.32 bits per heavy atom. The van der Waals surface area contributed by atoms with Crippen molar-refractivity contribution in [2.45, 2.75) is 26.2 Å². The van der Waals surface area contributed by atoms with Crippen molar-refractivity contribution in [3.63, 3.8) is 0 Å². The van der Waals surface area contributed by atoms with Gasteiger partial charge in [0.05, 0.1) is 6.61 Å². The first-order valence-electron chi connectivity index (χ1n) is 7.59. The molecular formula is C18H19NO3. The van der Waals surface area contributed by atoms with Gasteiger partial charge in [0, 0.05) is 5.56 Å². The van der Waals surface area contributed by atoms with Gasteiger partial charge in [-0.2, -0.15) is 0 Å². The van der Waals surface area contributed by atoms with Crippen LogP contribution < -0.4 is 0 Å². The summed E-state index contributed by atoms with van der Waals surface area (Å²) in [6.07, 6.45) is 7.42. The van der Waals surface area contributed by atoms with Gasteiger partial charge in [0.25, 0.3) is 0 Å². The average Bonchev–Trinajstić information content (AvgIpc) is 2.96. The van der Waals surface area contributed by atoms with Crippen LogP contribution in [0.15, 0.2) is 46.9 Å². The van der Waals surface area contributed by atoms with Crippen LogP contribution in [0.2, 0.25) is 0 Å². The van der Waals surface area contributed by atoms with E-state index in [-0.39, 0.29) is 5.69 Å². The zero-order valence-electron chi connectivity index (χ0n) is 12.6. The third-order valence-electron chi connectivity index (χ3n) is 3.84. The van der Waals surface area contributed by atoms with Gasteiger partial charge in [-0.05, 0) is 44.2 Å². The van der Waals surface area contributed by atoms with Crippen molar-refractivity contribution in [2.24, 2.45) is 5.92 Å². The summed E-state index contributed by atoms with van der Waals surface area (Å²) in [5.74, 6) is 0.950. The summed E-state index contributed by atoms with van der Waals surface area (Å²) in [6, 6.07) is 9.53. The Morgan fingerprint density at radius 2 is 2.14 bits per heavy atom. The summed E-state index contributed by atoms with van der Waals surface area (Å²) in [5.41, 5.74) is 1.12. The van der Waals surface area contributed by atoms with E-state index >= 15 is 0 Å². The van der Waals surface area contributed by atoms with Crippen LogP contribution in [-0.4, -0.2) is 17.6 Å². The Morgan fingerprint density at radius 3 is 2.86 bits per heavy atom. The number of carbonyl (C=O) groups excluding carboxylic acids is 1. The van der Waals surface area contributed by atoms with E-state index < -0.39 is 5.97 Å². The molecule has 4 nitrogen and oxygen atoms in total.